The topological polar surface area (TPSA) is 69.6 Å². The number of methoxy groups -OCH3 is 3. The number of benzene rings is 4. The second-order valence-corrected chi connectivity index (χ2v) is 13.2. The van der Waals surface area contributed by atoms with Crippen molar-refractivity contribution in [1.82, 2.24) is 0 Å². The summed E-state index contributed by atoms with van der Waals surface area (Å²) in [6, 6.07) is 19.9. The molecule has 186 valence electrons. The van der Waals surface area contributed by atoms with Crippen molar-refractivity contribution in [2.75, 3.05) is 26.2 Å². The Labute approximate surface area is 215 Å². The van der Waals surface area contributed by atoms with Gasteiger partial charge in [-0.15, -0.1) is 0 Å². The van der Waals surface area contributed by atoms with Crippen LogP contribution in [0.4, 0.5) is 17.1 Å². The van der Waals surface area contributed by atoms with E-state index in [1.54, 1.807) is 21.3 Å². The van der Waals surface area contributed by atoms with Gasteiger partial charge in [0.05, 0.1) is 33.6 Å². The third kappa shape index (κ3) is 2.74. The highest BCUT2D eigenvalue weighted by atomic mass is 28.3. The SMILES string of the molecule is COc1ccc(N2c3ccc(CO)c4c3[Si]3(C)c5c(cc(OC)cc5Oc5c(OC)ccc2c53)O4)cc1. The van der Waals surface area contributed by atoms with E-state index in [2.05, 4.69) is 23.6 Å². The molecule has 0 saturated carbocycles. The van der Waals surface area contributed by atoms with Crippen molar-refractivity contribution in [2.24, 2.45) is 0 Å². The number of nitrogens with zero attached hydrogens (tertiary/aromatic N) is 1. The van der Waals surface area contributed by atoms with E-state index >= 15 is 0 Å². The van der Waals surface area contributed by atoms with Crippen molar-refractivity contribution in [3.05, 3.63) is 66.2 Å². The van der Waals surface area contributed by atoms with Crippen LogP contribution in [-0.2, 0) is 6.61 Å². The zero-order valence-corrected chi connectivity index (χ0v) is 21.9. The normalized spacial score (nSPS) is 17.4. The Balaban J connectivity index is 1.62. The number of anilines is 3. The molecule has 0 spiro atoms. The van der Waals surface area contributed by atoms with Crippen molar-refractivity contribution in [2.45, 2.75) is 13.2 Å². The summed E-state index contributed by atoms with van der Waals surface area (Å²) in [5, 5.41) is 13.6. The van der Waals surface area contributed by atoms with E-state index in [4.69, 9.17) is 23.7 Å². The Morgan fingerprint density at radius 3 is 1.97 bits per heavy atom. The maximum Gasteiger partial charge on any atom is 0.171 e. The third-order valence-corrected chi connectivity index (χ3v) is 12.2. The van der Waals surface area contributed by atoms with Crippen LogP contribution in [0.25, 0.3) is 0 Å². The second kappa shape index (κ2) is 7.68. The Morgan fingerprint density at radius 1 is 0.730 bits per heavy atom. The predicted molar refractivity (Wildman–Crippen MR) is 144 cm³/mol. The summed E-state index contributed by atoms with van der Waals surface area (Å²) in [4.78, 5) is 2.23. The van der Waals surface area contributed by atoms with Crippen LogP contribution in [0.1, 0.15) is 5.56 Å². The van der Waals surface area contributed by atoms with Crippen LogP contribution < -0.4 is 44.1 Å². The first-order valence-corrected chi connectivity index (χ1v) is 14.5. The molecule has 3 heterocycles. The van der Waals surface area contributed by atoms with Gasteiger partial charge >= 0.3 is 0 Å². The molecule has 4 aromatic carbocycles. The molecule has 7 nitrogen and oxygen atoms in total. The van der Waals surface area contributed by atoms with Gasteiger partial charge in [0, 0.05) is 44.6 Å². The van der Waals surface area contributed by atoms with Crippen molar-refractivity contribution in [3.8, 4) is 40.2 Å². The number of hydrogen-bond acceptors (Lipinski definition) is 7. The summed E-state index contributed by atoms with van der Waals surface area (Å²) < 4.78 is 30.0. The zero-order valence-electron chi connectivity index (χ0n) is 20.9. The molecule has 0 saturated heterocycles. The summed E-state index contributed by atoms with van der Waals surface area (Å²) in [6.45, 7) is 2.21. The van der Waals surface area contributed by atoms with Crippen molar-refractivity contribution in [1.29, 1.82) is 0 Å². The molecule has 0 amide bonds. The summed E-state index contributed by atoms with van der Waals surface area (Å²) in [5.74, 6) is 4.95. The molecule has 3 aliphatic rings. The van der Waals surface area contributed by atoms with Crippen molar-refractivity contribution >= 4 is 40.7 Å². The fraction of sp³-hybridized carbons (Fsp3) is 0.172. The molecule has 0 radical (unpaired) electrons. The summed E-state index contributed by atoms with van der Waals surface area (Å²) in [6.07, 6.45) is 0. The van der Waals surface area contributed by atoms with Crippen LogP contribution in [0, 0.1) is 0 Å². The number of aliphatic hydroxyl groups excluding tert-OH is 1. The number of aliphatic hydroxyl groups is 1. The quantitative estimate of drug-likeness (QED) is 0.353. The Morgan fingerprint density at radius 2 is 1.35 bits per heavy atom. The molecule has 4 aromatic rings. The van der Waals surface area contributed by atoms with E-state index in [1.165, 1.54) is 0 Å². The average molecular weight is 512 g/mol. The molecule has 3 aliphatic heterocycles. The summed E-state index contributed by atoms with van der Waals surface area (Å²) in [5.41, 5.74) is 3.80. The van der Waals surface area contributed by atoms with Gasteiger partial charge in [-0.3, -0.25) is 0 Å². The third-order valence-electron chi connectivity index (χ3n) is 7.72. The van der Waals surface area contributed by atoms with Gasteiger partial charge in [-0.05, 0) is 42.5 Å². The van der Waals surface area contributed by atoms with Gasteiger partial charge < -0.3 is 33.7 Å². The van der Waals surface area contributed by atoms with E-state index in [0.29, 0.717) is 28.7 Å². The first-order valence-electron chi connectivity index (χ1n) is 12.0. The van der Waals surface area contributed by atoms with Gasteiger partial charge in [0.1, 0.15) is 28.7 Å². The smallest absolute Gasteiger partial charge is 0.171 e. The Kier molecular flexibility index (Phi) is 4.58. The molecule has 8 heteroatoms. The standard InChI is InChI=1S/C29H25NO6Si/c1-32-18-8-6-17(7-9-18)30-20-10-5-16(15-31)25-27(20)37(4)28-21(30)11-12-22(34-3)26(28)36-24-14-19(33-2)13-23(35-25)29(24)37/h5-14,31H,15H2,1-4H3. The van der Waals surface area contributed by atoms with Crippen LogP contribution >= 0.6 is 0 Å². The van der Waals surface area contributed by atoms with Gasteiger partial charge in [-0.1, -0.05) is 12.6 Å². The van der Waals surface area contributed by atoms with Crippen LogP contribution in [0.15, 0.2) is 60.7 Å². The lowest BCUT2D eigenvalue weighted by Crippen LogP contribution is -2.71. The molecule has 0 bridgehead atoms. The van der Waals surface area contributed by atoms with Gasteiger partial charge in [-0.2, -0.15) is 0 Å². The summed E-state index contributed by atoms with van der Waals surface area (Å²) in [7, 11) is 2.26. The van der Waals surface area contributed by atoms with Crippen LogP contribution in [0.3, 0.4) is 0 Å². The van der Waals surface area contributed by atoms with E-state index in [1.807, 2.05) is 48.5 Å². The fourth-order valence-electron chi connectivity index (χ4n) is 6.08. The Hall–Kier alpha value is -4.14. The lowest BCUT2D eigenvalue weighted by molar-refractivity contribution is 0.276. The number of ether oxygens (including phenoxy) is 5. The minimum Gasteiger partial charge on any atom is -0.497 e. The molecule has 0 aromatic heterocycles. The van der Waals surface area contributed by atoms with Gasteiger partial charge in [0.2, 0.25) is 0 Å². The first kappa shape index (κ1) is 22.1. The van der Waals surface area contributed by atoms with Gasteiger partial charge in [0.25, 0.3) is 0 Å². The number of hydrogen-bond donors (Lipinski definition) is 1. The minimum absolute atomic E-state index is 0.129. The molecular formula is C29H25NO6Si. The fourth-order valence-corrected chi connectivity index (χ4v) is 10.8. The van der Waals surface area contributed by atoms with Crippen LogP contribution in [0.2, 0.25) is 6.55 Å². The molecular weight excluding hydrogens is 486 g/mol. The lowest BCUT2D eigenvalue weighted by Gasteiger charge is -2.49. The maximum absolute atomic E-state index is 10.3. The molecule has 0 aliphatic carbocycles. The van der Waals surface area contributed by atoms with Crippen LogP contribution in [-0.4, -0.2) is 34.5 Å². The van der Waals surface area contributed by atoms with Crippen LogP contribution in [0.5, 0.6) is 40.2 Å². The highest BCUT2D eigenvalue weighted by Gasteiger charge is 2.56. The molecule has 0 fully saturated rings. The maximum atomic E-state index is 10.3. The predicted octanol–water partition coefficient (Wildman–Crippen LogP) is 4.30. The molecule has 1 atom stereocenters. The average Bonchev–Trinajstić information content (AvgIpc) is 2.93. The van der Waals surface area contributed by atoms with E-state index in [0.717, 1.165) is 49.7 Å². The highest BCUT2D eigenvalue weighted by Crippen LogP contribution is 2.52. The lowest BCUT2D eigenvalue weighted by atomic mass is 10.1. The number of rotatable bonds is 5. The van der Waals surface area contributed by atoms with Crippen molar-refractivity contribution < 1.29 is 28.8 Å². The summed E-state index contributed by atoms with van der Waals surface area (Å²) >= 11 is 0. The monoisotopic (exact) mass is 511 g/mol. The van der Waals surface area contributed by atoms with E-state index < -0.39 is 8.07 Å². The van der Waals surface area contributed by atoms with E-state index in [9.17, 15) is 5.11 Å². The van der Waals surface area contributed by atoms with Crippen molar-refractivity contribution in [3.63, 3.8) is 0 Å². The molecule has 37 heavy (non-hydrogen) atoms. The Bertz CT molecular complexity index is 1510. The largest absolute Gasteiger partial charge is 0.497 e. The van der Waals surface area contributed by atoms with E-state index in [-0.39, 0.29) is 6.61 Å². The highest BCUT2D eigenvalue weighted by molar-refractivity contribution is 7.14. The minimum atomic E-state index is -2.69. The molecule has 7 rings (SSSR count). The molecule has 1 N–H and O–H groups in total. The van der Waals surface area contributed by atoms with Gasteiger partial charge in [0.15, 0.2) is 19.6 Å². The van der Waals surface area contributed by atoms with Gasteiger partial charge in [-0.25, -0.2) is 0 Å². The zero-order chi connectivity index (χ0) is 25.5. The first-order chi connectivity index (χ1) is 18.0. The molecule has 1 unspecified atom stereocenters. The second-order valence-electron chi connectivity index (χ2n) is 9.46.